The van der Waals surface area contributed by atoms with Crippen LogP contribution in [0.25, 0.3) is 0 Å². The van der Waals surface area contributed by atoms with Gasteiger partial charge in [-0.3, -0.25) is 4.79 Å². The average molecular weight is 392 g/mol. The molecular weight excluding hydrogens is 362 g/mol. The van der Waals surface area contributed by atoms with Gasteiger partial charge in [0.2, 0.25) is 0 Å². The molecule has 6 rings (SSSR count). The molecule has 2 aromatic rings. The smallest absolute Gasteiger partial charge is 0.273 e. The summed E-state index contributed by atoms with van der Waals surface area (Å²) in [5.74, 6) is 0.208. The topological polar surface area (TPSA) is 76.4 Å². The molecule has 2 unspecified atom stereocenters. The summed E-state index contributed by atoms with van der Waals surface area (Å²) in [6, 6.07) is 17.9. The van der Waals surface area contributed by atoms with Crippen LogP contribution in [0.5, 0.6) is 0 Å². The second kappa shape index (κ2) is 7.28. The van der Waals surface area contributed by atoms with Crippen LogP contribution in [0, 0.1) is 11.3 Å². The van der Waals surface area contributed by atoms with E-state index in [1.54, 1.807) is 21.9 Å². The fourth-order valence-corrected chi connectivity index (χ4v) is 5.76. The minimum Gasteiger partial charge on any atom is -0.398 e. The Morgan fingerprint density at radius 3 is 2.38 bits per heavy atom. The highest BCUT2D eigenvalue weighted by Gasteiger charge is 2.57. The minimum atomic E-state index is -0.225. The van der Waals surface area contributed by atoms with E-state index >= 15 is 0 Å². The number of carbonyl (C=O) groups excluding carboxylic acids is 1. The maximum atomic E-state index is 12.7. The summed E-state index contributed by atoms with van der Waals surface area (Å²) in [6.07, 6.45) is 0.986. The predicted molar refractivity (Wildman–Crippen MR) is 113 cm³/mol. The number of hydrogen-bond acceptors (Lipinski definition) is 3. The summed E-state index contributed by atoms with van der Waals surface area (Å²) in [6.45, 7) is 6.93. The fraction of sp³-hybridized carbons (Fsp3) is 0.391. The number of para-hydroxylation sites is 1. The van der Waals surface area contributed by atoms with Gasteiger partial charge in [0.25, 0.3) is 5.91 Å². The summed E-state index contributed by atoms with van der Waals surface area (Å²) in [7, 11) is 0. The van der Waals surface area contributed by atoms with Crippen molar-refractivity contribution in [3.05, 3.63) is 65.7 Å². The number of anilines is 1. The molecule has 4 heterocycles. The van der Waals surface area contributed by atoms with Gasteiger partial charge >= 0.3 is 0 Å². The van der Waals surface area contributed by atoms with Crippen LogP contribution in [0.1, 0.15) is 15.9 Å². The van der Waals surface area contributed by atoms with Gasteiger partial charge in [-0.15, -0.1) is 0 Å². The Morgan fingerprint density at radius 2 is 1.69 bits per heavy atom. The molecule has 4 saturated heterocycles. The Balaban J connectivity index is 1.47. The molecule has 2 atom stereocenters. The SMILES string of the molecule is Nc1ccccc1C(=O)NN=C1C2C[NH+]3CC[NH+](C2)CC1(Cc1ccccc1)C3. The largest absolute Gasteiger partial charge is 0.398 e. The molecule has 150 valence electrons. The van der Waals surface area contributed by atoms with E-state index in [0.717, 1.165) is 32.6 Å². The predicted octanol–water partition coefficient (Wildman–Crippen LogP) is -0.989. The lowest BCUT2D eigenvalue weighted by molar-refractivity contribution is -0.918. The third-order valence-electron chi connectivity index (χ3n) is 6.88. The van der Waals surface area contributed by atoms with Crippen LogP contribution in [0.15, 0.2) is 59.7 Å². The van der Waals surface area contributed by atoms with E-state index in [9.17, 15) is 4.79 Å². The van der Waals surface area contributed by atoms with Gasteiger partial charge in [-0.25, -0.2) is 5.43 Å². The van der Waals surface area contributed by atoms with Gasteiger partial charge in [-0.2, -0.15) is 5.10 Å². The highest BCUT2D eigenvalue weighted by Crippen LogP contribution is 2.31. The normalized spacial score (nSPS) is 31.6. The third-order valence-corrected chi connectivity index (χ3v) is 6.88. The lowest BCUT2D eigenvalue weighted by atomic mass is 9.67. The van der Waals surface area contributed by atoms with Crippen LogP contribution >= 0.6 is 0 Å². The number of nitrogen functional groups attached to an aromatic ring is 1. The first-order chi connectivity index (χ1) is 14.1. The Morgan fingerprint density at radius 1 is 1.03 bits per heavy atom. The number of amides is 1. The van der Waals surface area contributed by atoms with Crippen molar-refractivity contribution in [2.24, 2.45) is 16.4 Å². The molecule has 0 radical (unpaired) electrons. The number of rotatable bonds is 4. The Labute approximate surface area is 171 Å². The van der Waals surface area contributed by atoms with Crippen molar-refractivity contribution in [2.45, 2.75) is 6.42 Å². The van der Waals surface area contributed by atoms with Gasteiger partial charge in [0, 0.05) is 5.69 Å². The van der Waals surface area contributed by atoms with Crippen LogP contribution in [0.2, 0.25) is 0 Å². The number of quaternary nitrogens is 2. The molecule has 2 aromatic carbocycles. The molecule has 5 N–H and O–H groups in total. The maximum Gasteiger partial charge on any atom is 0.273 e. The molecule has 29 heavy (non-hydrogen) atoms. The molecular formula is C23H29N5O+2. The summed E-state index contributed by atoms with van der Waals surface area (Å²) in [5.41, 5.74) is 12.4. The number of nitrogens with one attached hydrogen (secondary N) is 3. The van der Waals surface area contributed by atoms with E-state index in [1.165, 1.54) is 24.4 Å². The Hall–Kier alpha value is -2.70. The fourth-order valence-electron chi connectivity index (χ4n) is 5.76. The number of carbonyl (C=O) groups is 1. The minimum absolute atomic E-state index is 0.0131. The van der Waals surface area contributed by atoms with Gasteiger partial charge < -0.3 is 15.5 Å². The van der Waals surface area contributed by atoms with Crippen molar-refractivity contribution >= 4 is 17.3 Å². The molecule has 0 aliphatic carbocycles. The van der Waals surface area contributed by atoms with E-state index in [0.29, 0.717) is 17.2 Å². The number of hydrogen-bond donors (Lipinski definition) is 4. The first kappa shape index (κ1) is 18.3. The number of hydrazone groups is 1. The van der Waals surface area contributed by atoms with Crippen LogP contribution in [0.3, 0.4) is 0 Å². The zero-order valence-corrected chi connectivity index (χ0v) is 16.7. The average Bonchev–Trinajstić information content (AvgIpc) is 2.96. The van der Waals surface area contributed by atoms with Crippen molar-refractivity contribution in [3.63, 3.8) is 0 Å². The molecule has 0 saturated carbocycles. The number of nitrogens with zero attached hydrogens (tertiary/aromatic N) is 1. The maximum absolute atomic E-state index is 12.7. The van der Waals surface area contributed by atoms with Gasteiger partial charge in [0.1, 0.15) is 18.5 Å². The molecule has 1 amide bonds. The second-order valence-electron chi connectivity index (χ2n) is 8.93. The Kier molecular flexibility index (Phi) is 4.60. The number of fused-ring (bicyclic) bond motifs is 1. The standard InChI is InChI=1S/C23H27N5O/c24-20-9-5-4-8-19(20)22(29)26-25-21-18-13-27-10-11-28(14-18)16-23(21,15-27)12-17-6-2-1-3-7-17/h1-9,18H,10-16,24H2,(H,26,29)/p+2. The van der Waals surface area contributed by atoms with Crippen LogP contribution in [-0.2, 0) is 6.42 Å². The van der Waals surface area contributed by atoms with Crippen LogP contribution < -0.4 is 21.0 Å². The summed E-state index contributed by atoms with van der Waals surface area (Å²) >= 11 is 0. The van der Waals surface area contributed by atoms with E-state index in [2.05, 4.69) is 35.8 Å². The molecule has 4 aliphatic rings. The molecule has 0 aromatic heterocycles. The van der Waals surface area contributed by atoms with E-state index in [1.807, 2.05) is 12.1 Å². The highest BCUT2D eigenvalue weighted by atomic mass is 16.2. The quantitative estimate of drug-likeness (QED) is 0.399. The zero-order chi connectivity index (χ0) is 19.8. The lowest BCUT2D eigenvalue weighted by Crippen LogP contribution is -3.17. The highest BCUT2D eigenvalue weighted by molar-refractivity contribution is 6.01. The van der Waals surface area contributed by atoms with E-state index in [4.69, 9.17) is 10.8 Å². The Bertz CT molecular complexity index is 925. The van der Waals surface area contributed by atoms with Crippen molar-refractivity contribution in [1.82, 2.24) is 5.43 Å². The summed E-state index contributed by atoms with van der Waals surface area (Å²) in [5, 5.41) is 4.79. The molecule has 4 bridgehead atoms. The van der Waals surface area contributed by atoms with Crippen molar-refractivity contribution in [3.8, 4) is 0 Å². The van der Waals surface area contributed by atoms with Crippen LogP contribution in [-0.4, -0.2) is 50.9 Å². The molecule has 6 heteroatoms. The number of benzene rings is 2. The van der Waals surface area contributed by atoms with Gasteiger partial charge in [0.05, 0.1) is 43.4 Å². The summed E-state index contributed by atoms with van der Waals surface area (Å²) < 4.78 is 0. The van der Waals surface area contributed by atoms with Crippen molar-refractivity contribution in [2.75, 3.05) is 45.0 Å². The zero-order valence-electron chi connectivity index (χ0n) is 16.7. The molecule has 4 fully saturated rings. The molecule has 0 spiro atoms. The van der Waals surface area contributed by atoms with Crippen molar-refractivity contribution < 1.29 is 14.6 Å². The second-order valence-corrected chi connectivity index (χ2v) is 8.93. The lowest BCUT2D eigenvalue weighted by Gasteiger charge is -2.46. The summed E-state index contributed by atoms with van der Waals surface area (Å²) in [4.78, 5) is 16.1. The number of nitrogens with two attached hydrogens (primary N) is 1. The number of piperidine rings is 2. The van der Waals surface area contributed by atoms with Gasteiger partial charge in [0.15, 0.2) is 0 Å². The first-order valence-corrected chi connectivity index (χ1v) is 10.6. The molecule has 4 aliphatic heterocycles. The third kappa shape index (κ3) is 3.43. The van der Waals surface area contributed by atoms with Crippen molar-refractivity contribution in [1.29, 1.82) is 0 Å². The van der Waals surface area contributed by atoms with E-state index in [-0.39, 0.29) is 11.3 Å². The first-order valence-electron chi connectivity index (χ1n) is 10.6. The van der Waals surface area contributed by atoms with Crippen LogP contribution in [0.4, 0.5) is 5.69 Å². The van der Waals surface area contributed by atoms with E-state index < -0.39 is 0 Å². The monoisotopic (exact) mass is 391 g/mol. The van der Waals surface area contributed by atoms with Gasteiger partial charge in [-0.05, 0) is 24.1 Å². The van der Waals surface area contributed by atoms with Gasteiger partial charge in [-0.1, -0.05) is 42.5 Å². The molecule has 6 nitrogen and oxygen atoms in total.